The summed E-state index contributed by atoms with van der Waals surface area (Å²) >= 11 is 0. The summed E-state index contributed by atoms with van der Waals surface area (Å²) < 4.78 is 5.27. The zero-order valence-electron chi connectivity index (χ0n) is 17.8. The maximum atomic E-state index is 12.9. The summed E-state index contributed by atoms with van der Waals surface area (Å²) in [6.07, 6.45) is 0.247. The van der Waals surface area contributed by atoms with Crippen LogP contribution < -0.4 is 10.2 Å². The largest absolute Gasteiger partial charge is 0.455 e. The Morgan fingerprint density at radius 1 is 0.938 bits per heavy atom. The van der Waals surface area contributed by atoms with Crippen molar-refractivity contribution in [3.8, 4) is 11.1 Å². The molecule has 1 N–H and O–H groups in total. The van der Waals surface area contributed by atoms with Crippen LogP contribution in [-0.4, -0.2) is 30.4 Å². The van der Waals surface area contributed by atoms with Gasteiger partial charge in [-0.1, -0.05) is 66.7 Å². The van der Waals surface area contributed by atoms with Crippen LogP contribution in [0.1, 0.15) is 18.9 Å². The predicted molar refractivity (Wildman–Crippen MR) is 123 cm³/mol. The molecule has 0 bridgehead atoms. The standard InChI is InChI=1S/C26H24N2O4/c1-18-15-24(29)27-22-9-5-6-10-23(22)28(18)25(30)17-32-26(31)16-19-11-13-21(14-12-19)20-7-3-2-4-8-20/h2-14,18H,15-17H2,1H3,(H,27,29). The van der Waals surface area contributed by atoms with E-state index in [2.05, 4.69) is 5.32 Å². The Hall–Kier alpha value is -3.93. The van der Waals surface area contributed by atoms with Gasteiger partial charge in [0.2, 0.25) is 5.91 Å². The van der Waals surface area contributed by atoms with Gasteiger partial charge in [0.15, 0.2) is 6.61 Å². The van der Waals surface area contributed by atoms with Crippen LogP contribution in [0.2, 0.25) is 0 Å². The van der Waals surface area contributed by atoms with Gasteiger partial charge in [0.05, 0.1) is 17.8 Å². The Morgan fingerprint density at radius 2 is 1.59 bits per heavy atom. The van der Waals surface area contributed by atoms with Gasteiger partial charge >= 0.3 is 5.97 Å². The van der Waals surface area contributed by atoms with Gasteiger partial charge in [-0.2, -0.15) is 0 Å². The maximum Gasteiger partial charge on any atom is 0.310 e. The number of rotatable bonds is 5. The van der Waals surface area contributed by atoms with Crippen molar-refractivity contribution >= 4 is 29.2 Å². The number of hydrogen-bond acceptors (Lipinski definition) is 4. The number of ether oxygens (including phenoxy) is 1. The zero-order valence-corrected chi connectivity index (χ0v) is 17.8. The van der Waals surface area contributed by atoms with Crippen LogP contribution in [0.5, 0.6) is 0 Å². The van der Waals surface area contributed by atoms with Crippen molar-refractivity contribution < 1.29 is 19.1 Å². The summed E-state index contributed by atoms with van der Waals surface area (Å²) in [6, 6.07) is 24.4. The summed E-state index contributed by atoms with van der Waals surface area (Å²) in [5, 5.41) is 2.81. The second-order valence-corrected chi connectivity index (χ2v) is 7.78. The van der Waals surface area contributed by atoms with Crippen molar-refractivity contribution in [2.24, 2.45) is 0 Å². The smallest absolute Gasteiger partial charge is 0.310 e. The fourth-order valence-electron chi connectivity index (χ4n) is 3.84. The van der Waals surface area contributed by atoms with E-state index in [1.54, 1.807) is 31.2 Å². The first-order valence-electron chi connectivity index (χ1n) is 10.5. The van der Waals surface area contributed by atoms with Gasteiger partial charge in [0, 0.05) is 12.5 Å². The second-order valence-electron chi connectivity index (χ2n) is 7.78. The maximum absolute atomic E-state index is 12.9. The molecule has 0 saturated carbocycles. The summed E-state index contributed by atoms with van der Waals surface area (Å²) in [5.74, 6) is -0.999. The number of carbonyl (C=O) groups is 3. The molecule has 0 saturated heterocycles. The van der Waals surface area contributed by atoms with Crippen molar-refractivity contribution in [3.63, 3.8) is 0 Å². The molecule has 0 fully saturated rings. The van der Waals surface area contributed by atoms with Crippen LogP contribution in [-0.2, 0) is 25.5 Å². The van der Waals surface area contributed by atoms with E-state index in [0.29, 0.717) is 11.4 Å². The molecule has 1 atom stereocenters. The average Bonchev–Trinajstić information content (AvgIpc) is 2.92. The number of esters is 1. The monoisotopic (exact) mass is 428 g/mol. The number of nitrogens with zero attached hydrogens (tertiary/aromatic N) is 1. The lowest BCUT2D eigenvalue weighted by Gasteiger charge is -2.27. The number of benzene rings is 3. The van der Waals surface area contributed by atoms with Gasteiger partial charge in [-0.05, 0) is 35.7 Å². The number of para-hydroxylation sites is 2. The minimum atomic E-state index is -0.476. The van der Waals surface area contributed by atoms with E-state index in [1.165, 1.54) is 4.90 Å². The van der Waals surface area contributed by atoms with E-state index in [-0.39, 0.29) is 37.3 Å². The van der Waals surface area contributed by atoms with Gasteiger partial charge in [-0.3, -0.25) is 14.4 Å². The summed E-state index contributed by atoms with van der Waals surface area (Å²) in [4.78, 5) is 38.8. The molecule has 0 radical (unpaired) electrons. The van der Waals surface area contributed by atoms with E-state index in [1.807, 2.05) is 54.6 Å². The Labute approximate surface area is 186 Å². The highest BCUT2D eigenvalue weighted by atomic mass is 16.5. The van der Waals surface area contributed by atoms with Crippen LogP contribution in [0.15, 0.2) is 78.9 Å². The van der Waals surface area contributed by atoms with Gasteiger partial charge in [-0.25, -0.2) is 0 Å². The SMILES string of the molecule is CC1CC(=O)Nc2ccccc2N1C(=O)COC(=O)Cc1ccc(-c2ccccc2)cc1. The number of nitrogens with one attached hydrogen (secondary N) is 1. The lowest BCUT2D eigenvalue weighted by atomic mass is 10.0. The Balaban J connectivity index is 1.38. The zero-order chi connectivity index (χ0) is 22.5. The Morgan fingerprint density at radius 3 is 2.34 bits per heavy atom. The van der Waals surface area contributed by atoms with Crippen molar-refractivity contribution in [3.05, 3.63) is 84.4 Å². The molecule has 4 rings (SSSR count). The first-order chi connectivity index (χ1) is 15.5. The fourth-order valence-corrected chi connectivity index (χ4v) is 3.84. The highest BCUT2D eigenvalue weighted by Crippen LogP contribution is 2.31. The molecule has 6 heteroatoms. The van der Waals surface area contributed by atoms with Crippen molar-refractivity contribution in [1.29, 1.82) is 0 Å². The third-order valence-electron chi connectivity index (χ3n) is 5.39. The molecule has 2 amide bonds. The molecular formula is C26H24N2O4. The van der Waals surface area contributed by atoms with Crippen LogP contribution in [0.25, 0.3) is 11.1 Å². The first kappa shape index (κ1) is 21.3. The highest BCUT2D eigenvalue weighted by Gasteiger charge is 2.30. The quantitative estimate of drug-likeness (QED) is 0.618. The second kappa shape index (κ2) is 9.47. The number of fused-ring (bicyclic) bond motifs is 1. The molecule has 1 unspecified atom stereocenters. The molecule has 1 heterocycles. The topological polar surface area (TPSA) is 75.7 Å². The molecule has 6 nitrogen and oxygen atoms in total. The Kier molecular flexibility index (Phi) is 6.31. The lowest BCUT2D eigenvalue weighted by molar-refractivity contribution is -0.147. The van der Waals surface area contributed by atoms with Gasteiger partial charge < -0.3 is 15.0 Å². The molecule has 3 aromatic carbocycles. The number of carbonyl (C=O) groups excluding carboxylic acids is 3. The van der Waals surface area contributed by atoms with Crippen LogP contribution in [0, 0.1) is 0 Å². The normalized spacial score (nSPS) is 15.3. The predicted octanol–water partition coefficient (Wildman–Crippen LogP) is 4.20. The molecule has 1 aliphatic heterocycles. The summed E-state index contributed by atoms with van der Waals surface area (Å²) in [6.45, 7) is 1.42. The fraction of sp³-hybridized carbons (Fsp3) is 0.192. The van der Waals surface area contributed by atoms with Crippen molar-refractivity contribution in [2.75, 3.05) is 16.8 Å². The summed E-state index contributed by atoms with van der Waals surface area (Å²) in [5.41, 5.74) is 4.15. The first-order valence-corrected chi connectivity index (χ1v) is 10.5. The van der Waals surface area contributed by atoms with E-state index in [4.69, 9.17) is 4.74 Å². The van der Waals surface area contributed by atoms with Gasteiger partial charge in [-0.15, -0.1) is 0 Å². The van der Waals surface area contributed by atoms with E-state index >= 15 is 0 Å². The molecular weight excluding hydrogens is 404 g/mol. The van der Waals surface area contributed by atoms with Crippen molar-refractivity contribution in [2.45, 2.75) is 25.8 Å². The number of hydrogen-bond donors (Lipinski definition) is 1. The number of amides is 2. The third-order valence-corrected chi connectivity index (χ3v) is 5.39. The molecule has 3 aromatic rings. The van der Waals surface area contributed by atoms with Crippen molar-refractivity contribution in [1.82, 2.24) is 0 Å². The third kappa shape index (κ3) is 4.86. The van der Waals surface area contributed by atoms with Crippen LogP contribution in [0.3, 0.4) is 0 Å². The highest BCUT2D eigenvalue weighted by molar-refractivity contribution is 6.05. The molecule has 0 aliphatic carbocycles. The number of anilines is 2. The minimum absolute atomic E-state index is 0.0779. The van der Waals surface area contributed by atoms with E-state index < -0.39 is 5.97 Å². The van der Waals surface area contributed by atoms with Crippen LogP contribution >= 0.6 is 0 Å². The van der Waals surface area contributed by atoms with Gasteiger partial charge in [0.1, 0.15) is 0 Å². The lowest BCUT2D eigenvalue weighted by Crippen LogP contribution is -2.41. The van der Waals surface area contributed by atoms with E-state index in [0.717, 1.165) is 16.7 Å². The average molecular weight is 428 g/mol. The summed E-state index contributed by atoms with van der Waals surface area (Å²) in [7, 11) is 0. The molecule has 32 heavy (non-hydrogen) atoms. The molecule has 0 aromatic heterocycles. The minimum Gasteiger partial charge on any atom is -0.455 e. The molecule has 162 valence electrons. The molecule has 0 spiro atoms. The van der Waals surface area contributed by atoms with Gasteiger partial charge in [0.25, 0.3) is 5.91 Å². The van der Waals surface area contributed by atoms with E-state index in [9.17, 15) is 14.4 Å². The Bertz CT molecular complexity index is 1130. The van der Waals surface area contributed by atoms with Crippen LogP contribution in [0.4, 0.5) is 11.4 Å². The molecule has 1 aliphatic rings.